The lowest BCUT2D eigenvalue weighted by Crippen LogP contribution is -2.40. The van der Waals surface area contributed by atoms with Crippen molar-refractivity contribution in [1.82, 2.24) is 9.13 Å². The van der Waals surface area contributed by atoms with E-state index in [0.29, 0.717) is 5.69 Å². The number of thiophene rings is 1. The Labute approximate surface area is 176 Å². The number of fused-ring (bicyclic) bond motifs is 1. The van der Waals surface area contributed by atoms with Gasteiger partial charge in [0.1, 0.15) is 11.2 Å². The maximum Gasteiger partial charge on any atom is 0.416 e. The van der Waals surface area contributed by atoms with E-state index in [4.69, 9.17) is 0 Å². The minimum atomic E-state index is -4.55. The number of nitrogens with one attached hydrogen (secondary N) is 1. The highest BCUT2D eigenvalue weighted by molar-refractivity contribution is 7.17. The van der Waals surface area contributed by atoms with Crippen molar-refractivity contribution in [1.29, 1.82) is 0 Å². The molecule has 1 amide bonds. The van der Waals surface area contributed by atoms with E-state index in [-0.39, 0.29) is 15.9 Å². The monoisotopic (exact) mass is 445 g/mol. The Morgan fingerprint density at radius 2 is 1.74 bits per heavy atom. The Bertz CT molecular complexity index is 1390. The van der Waals surface area contributed by atoms with Crippen molar-refractivity contribution in [3.8, 4) is 5.69 Å². The number of rotatable bonds is 4. The lowest BCUT2D eigenvalue weighted by Gasteiger charge is -2.13. The van der Waals surface area contributed by atoms with Gasteiger partial charge in [0.05, 0.1) is 16.8 Å². The fourth-order valence-corrected chi connectivity index (χ4v) is 3.99. The van der Waals surface area contributed by atoms with E-state index in [2.05, 4.69) is 5.32 Å². The van der Waals surface area contributed by atoms with Crippen molar-refractivity contribution in [3.63, 3.8) is 0 Å². The second-order valence-corrected chi connectivity index (χ2v) is 7.52. The number of carbonyl (C=O) groups is 1. The number of benzene rings is 2. The Morgan fingerprint density at radius 3 is 2.45 bits per heavy atom. The molecule has 0 aliphatic rings. The zero-order valence-electron chi connectivity index (χ0n) is 15.7. The highest BCUT2D eigenvalue weighted by Gasteiger charge is 2.30. The summed E-state index contributed by atoms with van der Waals surface area (Å²) in [6, 6.07) is 14.0. The summed E-state index contributed by atoms with van der Waals surface area (Å²) in [5, 5.41) is 4.01. The average Bonchev–Trinajstić information content (AvgIpc) is 3.22. The van der Waals surface area contributed by atoms with Crippen LogP contribution >= 0.6 is 11.3 Å². The predicted molar refractivity (Wildman–Crippen MR) is 112 cm³/mol. The molecule has 158 valence electrons. The van der Waals surface area contributed by atoms with E-state index in [1.54, 1.807) is 41.8 Å². The van der Waals surface area contributed by atoms with Gasteiger partial charge in [0.15, 0.2) is 0 Å². The molecule has 0 aliphatic carbocycles. The fraction of sp³-hybridized carbons (Fsp3) is 0.0952. The molecule has 2 aromatic carbocycles. The van der Waals surface area contributed by atoms with E-state index in [9.17, 15) is 27.6 Å². The molecular formula is C21H14F3N3O3S. The minimum Gasteiger partial charge on any atom is -0.325 e. The largest absolute Gasteiger partial charge is 0.416 e. The maximum absolute atomic E-state index is 13.1. The van der Waals surface area contributed by atoms with Crippen LogP contribution in [0.1, 0.15) is 5.56 Å². The molecule has 0 atom stereocenters. The Kier molecular flexibility index (Phi) is 5.24. The van der Waals surface area contributed by atoms with Crippen molar-refractivity contribution in [3.05, 3.63) is 92.4 Å². The summed E-state index contributed by atoms with van der Waals surface area (Å²) >= 11 is 1.13. The number of amides is 1. The van der Waals surface area contributed by atoms with Crippen molar-refractivity contribution in [2.45, 2.75) is 12.7 Å². The number of anilines is 1. The average molecular weight is 445 g/mol. The minimum absolute atomic E-state index is 0.0502. The summed E-state index contributed by atoms with van der Waals surface area (Å²) in [5.74, 6) is -0.702. The van der Waals surface area contributed by atoms with Crippen LogP contribution in [0.5, 0.6) is 0 Å². The smallest absolute Gasteiger partial charge is 0.325 e. The van der Waals surface area contributed by atoms with E-state index in [1.165, 1.54) is 12.1 Å². The number of carbonyl (C=O) groups excluding carboxylic acids is 1. The molecule has 10 heteroatoms. The number of aromatic nitrogens is 2. The molecule has 4 rings (SSSR count). The normalized spacial score (nSPS) is 11.6. The summed E-state index contributed by atoms with van der Waals surface area (Å²) < 4.78 is 41.1. The first-order chi connectivity index (χ1) is 14.8. The molecule has 0 aliphatic heterocycles. The third-order valence-corrected chi connectivity index (χ3v) is 5.44. The molecule has 4 aromatic rings. The standard InChI is InChI=1S/C21H14F3N3O3S/c22-21(23,24)13-5-4-6-14(11-13)25-17(28)12-26-16-9-10-31-18(16)19(29)27(20(26)30)15-7-2-1-3-8-15/h1-11H,12H2,(H,25,28). The number of halogens is 3. The van der Waals surface area contributed by atoms with Crippen LogP contribution < -0.4 is 16.6 Å². The zero-order chi connectivity index (χ0) is 22.2. The van der Waals surface area contributed by atoms with Crippen molar-refractivity contribution in [2.24, 2.45) is 0 Å². The van der Waals surface area contributed by atoms with E-state index in [0.717, 1.165) is 32.6 Å². The molecule has 2 heterocycles. The maximum atomic E-state index is 13.1. The second kappa shape index (κ2) is 7.88. The van der Waals surface area contributed by atoms with E-state index < -0.39 is 35.4 Å². The number of para-hydroxylation sites is 1. The molecule has 0 unspecified atom stereocenters. The molecule has 0 radical (unpaired) electrons. The van der Waals surface area contributed by atoms with Crippen molar-refractivity contribution in [2.75, 3.05) is 5.32 Å². The van der Waals surface area contributed by atoms with Gasteiger partial charge in [0, 0.05) is 5.69 Å². The summed E-state index contributed by atoms with van der Waals surface area (Å²) in [5.41, 5.74) is -1.55. The SMILES string of the molecule is O=C(Cn1c(=O)n(-c2ccccc2)c(=O)c2sccc21)Nc1cccc(C(F)(F)F)c1. The van der Waals surface area contributed by atoms with E-state index in [1.807, 2.05) is 0 Å². The van der Waals surface area contributed by atoms with Gasteiger partial charge in [-0.2, -0.15) is 13.2 Å². The lowest BCUT2D eigenvalue weighted by atomic mass is 10.2. The fourth-order valence-electron chi connectivity index (χ4n) is 3.16. The first kappa shape index (κ1) is 20.6. The summed E-state index contributed by atoms with van der Waals surface area (Å²) in [6.45, 7) is -0.477. The molecule has 0 fully saturated rings. The third kappa shape index (κ3) is 4.02. The van der Waals surface area contributed by atoms with Gasteiger partial charge in [-0.15, -0.1) is 11.3 Å². The molecule has 1 N–H and O–H groups in total. The number of alkyl halides is 3. The van der Waals surface area contributed by atoms with E-state index >= 15 is 0 Å². The Balaban J connectivity index is 1.72. The molecule has 0 bridgehead atoms. The third-order valence-electron chi connectivity index (χ3n) is 4.54. The van der Waals surface area contributed by atoms with Crippen LogP contribution in [-0.4, -0.2) is 15.0 Å². The van der Waals surface area contributed by atoms with Gasteiger partial charge in [0.2, 0.25) is 5.91 Å². The van der Waals surface area contributed by atoms with Crippen molar-refractivity contribution < 1.29 is 18.0 Å². The number of nitrogens with zero attached hydrogens (tertiary/aromatic N) is 2. The molecule has 0 saturated carbocycles. The molecule has 6 nitrogen and oxygen atoms in total. The highest BCUT2D eigenvalue weighted by Crippen LogP contribution is 2.30. The van der Waals surface area contributed by atoms with Crippen LogP contribution in [-0.2, 0) is 17.5 Å². The van der Waals surface area contributed by atoms with Crippen LogP contribution in [0, 0.1) is 0 Å². The van der Waals surface area contributed by atoms with Crippen LogP contribution in [0.2, 0.25) is 0 Å². The number of hydrogen-bond acceptors (Lipinski definition) is 4. The topological polar surface area (TPSA) is 73.1 Å². The van der Waals surface area contributed by atoms with Crippen LogP contribution in [0.15, 0.2) is 75.6 Å². The first-order valence-corrected chi connectivity index (χ1v) is 9.89. The van der Waals surface area contributed by atoms with Gasteiger partial charge in [-0.05, 0) is 41.8 Å². The van der Waals surface area contributed by atoms with Gasteiger partial charge >= 0.3 is 11.9 Å². The van der Waals surface area contributed by atoms with Crippen LogP contribution in [0.3, 0.4) is 0 Å². The van der Waals surface area contributed by atoms with Gasteiger partial charge in [0.25, 0.3) is 5.56 Å². The molecule has 0 spiro atoms. The zero-order valence-corrected chi connectivity index (χ0v) is 16.5. The quantitative estimate of drug-likeness (QED) is 0.518. The van der Waals surface area contributed by atoms with Gasteiger partial charge in [-0.25, -0.2) is 9.36 Å². The van der Waals surface area contributed by atoms with Crippen molar-refractivity contribution >= 4 is 33.1 Å². The molecule has 2 aromatic heterocycles. The van der Waals surface area contributed by atoms with Gasteiger partial charge in [-0.1, -0.05) is 24.3 Å². The Morgan fingerprint density at radius 1 is 1.00 bits per heavy atom. The Hall–Kier alpha value is -3.66. The second-order valence-electron chi connectivity index (χ2n) is 6.61. The molecular weight excluding hydrogens is 431 g/mol. The van der Waals surface area contributed by atoms with Crippen LogP contribution in [0.25, 0.3) is 15.9 Å². The molecule has 31 heavy (non-hydrogen) atoms. The first-order valence-electron chi connectivity index (χ1n) is 9.01. The summed E-state index contributed by atoms with van der Waals surface area (Å²) in [7, 11) is 0. The van der Waals surface area contributed by atoms with Gasteiger partial charge in [-0.3, -0.25) is 14.2 Å². The lowest BCUT2D eigenvalue weighted by molar-refractivity contribution is -0.137. The molecule has 0 saturated heterocycles. The predicted octanol–water partition coefficient (Wildman–Crippen LogP) is 3.87. The highest BCUT2D eigenvalue weighted by atomic mass is 32.1. The summed E-state index contributed by atoms with van der Waals surface area (Å²) in [4.78, 5) is 38.5. The van der Waals surface area contributed by atoms with Gasteiger partial charge < -0.3 is 5.32 Å². The summed E-state index contributed by atoms with van der Waals surface area (Å²) in [6.07, 6.45) is -4.55. The number of hydrogen-bond donors (Lipinski definition) is 1. The van der Waals surface area contributed by atoms with Crippen LogP contribution in [0.4, 0.5) is 18.9 Å².